The van der Waals surface area contributed by atoms with E-state index in [1.54, 1.807) is 11.4 Å². The van der Waals surface area contributed by atoms with Crippen molar-refractivity contribution in [2.45, 2.75) is 59.8 Å². The number of halogens is 1. The number of carbonyl (C=O) groups excluding carboxylic acids is 1. The van der Waals surface area contributed by atoms with Crippen LogP contribution in [0.1, 0.15) is 67.8 Å². The standard InChI is InChI=1S/C29H42ClN7OS/c1-20(2)12-9-7-8-10-15-36(5)16-17-37(6)26-18-25(31-22(4)32-26)34-29-33-24(19-39-29)28(38)35-27-21(3)13-11-14-23(27)30/h11,13-14,18-20H,7-10,12,15-17H2,1-6H3,(H,35,38)(H,31,32,33,34). The van der Waals surface area contributed by atoms with Crippen LogP contribution in [0, 0.1) is 19.8 Å². The fraction of sp³-hybridized carbons (Fsp3) is 0.517. The van der Waals surface area contributed by atoms with Gasteiger partial charge in [-0.15, -0.1) is 11.3 Å². The molecule has 0 aliphatic carbocycles. The third-order valence-electron chi connectivity index (χ3n) is 6.54. The second kappa shape index (κ2) is 15.1. The zero-order valence-electron chi connectivity index (χ0n) is 24.1. The zero-order chi connectivity index (χ0) is 28.4. The highest BCUT2D eigenvalue weighted by Crippen LogP contribution is 2.27. The number of carbonyl (C=O) groups is 1. The van der Waals surface area contributed by atoms with Crippen LogP contribution >= 0.6 is 22.9 Å². The molecule has 0 spiro atoms. The Morgan fingerprint density at radius 1 is 1.03 bits per heavy atom. The minimum Gasteiger partial charge on any atom is -0.358 e. The number of anilines is 4. The number of hydrogen-bond acceptors (Lipinski definition) is 8. The number of likely N-dealkylation sites (N-methyl/N-ethyl adjacent to an activating group) is 2. The summed E-state index contributed by atoms with van der Waals surface area (Å²) in [5.41, 5.74) is 1.80. The topological polar surface area (TPSA) is 86.3 Å². The minimum absolute atomic E-state index is 0.311. The maximum Gasteiger partial charge on any atom is 0.275 e. The van der Waals surface area contributed by atoms with E-state index in [-0.39, 0.29) is 5.91 Å². The molecule has 2 aromatic heterocycles. The lowest BCUT2D eigenvalue weighted by Gasteiger charge is -2.23. The molecule has 0 unspecified atom stereocenters. The Bertz CT molecular complexity index is 1200. The monoisotopic (exact) mass is 571 g/mol. The van der Waals surface area contributed by atoms with E-state index in [4.69, 9.17) is 11.6 Å². The summed E-state index contributed by atoms with van der Waals surface area (Å²) in [4.78, 5) is 30.9. The van der Waals surface area contributed by atoms with Crippen LogP contribution in [0.5, 0.6) is 0 Å². The molecule has 212 valence electrons. The van der Waals surface area contributed by atoms with Crippen molar-refractivity contribution < 1.29 is 4.79 Å². The van der Waals surface area contributed by atoms with Crippen LogP contribution in [0.4, 0.5) is 22.5 Å². The van der Waals surface area contributed by atoms with Gasteiger partial charge in [-0.1, -0.05) is 63.3 Å². The molecule has 1 aromatic carbocycles. The van der Waals surface area contributed by atoms with Crippen LogP contribution in [0.25, 0.3) is 0 Å². The Balaban J connectivity index is 1.51. The summed E-state index contributed by atoms with van der Waals surface area (Å²) in [7, 11) is 4.23. The van der Waals surface area contributed by atoms with Gasteiger partial charge in [0.05, 0.1) is 10.7 Å². The van der Waals surface area contributed by atoms with E-state index in [1.807, 2.05) is 39.1 Å². The fourth-order valence-corrected chi connectivity index (χ4v) is 5.13. The van der Waals surface area contributed by atoms with Crippen LogP contribution < -0.4 is 15.5 Å². The molecule has 1 amide bonds. The van der Waals surface area contributed by atoms with Gasteiger partial charge in [-0.2, -0.15) is 0 Å². The molecule has 2 heterocycles. The summed E-state index contributed by atoms with van der Waals surface area (Å²) in [6.45, 7) is 11.3. The Morgan fingerprint density at radius 3 is 2.54 bits per heavy atom. The SMILES string of the molecule is Cc1nc(Nc2nc(C(=O)Nc3c(C)cccc3Cl)cs2)cc(N(C)CCN(C)CCCCCCC(C)C)n1. The second-order valence-electron chi connectivity index (χ2n) is 10.5. The maximum absolute atomic E-state index is 12.8. The molecule has 3 aromatic rings. The summed E-state index contributed by atoms with van der Waals surface area (Å²) in [6.07, 6.45) is 6.54. The average Bonchev–Trinajstić information content (AvgIpc) is 3.35. The molecule has 39 heavy (non-hydrogen) atoms. The Labute approximate surface area is 242 Å². The molecule has 0 aliphatic rings. The number of hydrogen-bond donors (Lipinski definition) is 2. The number of nitrogens with one attached hydrogen (secondary N) is 2. The first-order valence-electron chi connectivity index (χ1n) is 13.7. The van der Waals surface area contributed by atoms with Crippen molar-refractivity contribution >= 4 is 51.3 Å². The lowest BCUT2D eigenvalue weighted by atomic mass is 10.0. The van der Waals surface area contributed by atoms with Gasteiger partial charge < -0.3 is 20.4 Å². The number of nitrogens with zero attached hydrogens (tertiary/aromatic N) is 5. The van der Waals surface area contributed by atoms with Gasteiger partial charge in [-0.05, 0) is 51.4 Å². The van der Waals surface area contributed by atoms with E-state index in [0.717, 1.165) is 36.9 Å². The van der Waals surface area contributed by atoms with Crippen molar-refractivity contribution in [3.63, 3.8) is 0 Å². The molecule has 3 rings (SSSR count). The van der Waals surface area contributed by atoms with Crippen LogP contribution in [-0.2, 0) is 0 Å². The molecule has 10 heteroatoms. The molecule has 0 saturated carbocycles. The first-order valence-corrected chi connectivity index (χ1v) is 14.9. The number of thiazole rings is 1. The van der Waals surface area contributed by atoms with Gasteiger partial charge in [0, 0.05) is 31.6 Å². The molecule has 0 aliphatic heterocycles. The predicted octanol–water partition coefficient (Wildman–Crippen LogP) is 7.17. The second-order valence-corrected chi connectivity index (χ2v) is 11.8. The summed E-state index contributed by atoms with van der Waals surface area (Å²) < 4.78 is 0. The fourth-order valence-electron chi connectivity index (χ4n) is 4.16. The van der Waals surface area contributed by atoms with E-state index in [2.05, 4.69) is 56.3 Å². The van der Waals surface area contributed by atoms with Crippen molar-refractivity contribution in [2.24, 2.45) is 5.92 Å². The van der Waals surface area contributed by atoms with Crippen LogP contribution in [-0.4, -0.2) is 59.5 Å². The Hall–Kier alpha value is -2.75. The quantitative estimate of drug-likeness (QED) is 0.187. The summed E-state index contributed by atoms with van der Waals surface area (Å²) >= 11 is 7.59. The van der Waals surface area contributed by atoms with Crippen LogP contribution in [0.3, 0.4) is 0 Å². The number of para-hydroxylation sites is 1. The highest BCUT2D eigenvalue weighted by atomic mass is 35.5. The van der Waals surface area contributed by atoms with Crippen LogP contribution in [0.2, 0.25) is 5.02 Å². The number of rotatable bonds is 15. The molecule has 2 N–H and O–H groups in total. The lowest BCUT2D eigenvalue weighted by Crippen LogP contribution is -2.32. The van der Waals surface area contributed by atoms with E-state index >= 15 is 0 Å². The largest absolute Gasteiger partial charge is 0.358 e. The van der Waals surface area contributed by atoms with Gasteiger partial charge in [0.15, 0.2) is 5.13 Å². The average molecular weight is 572 g/mol. The molecule has 0 saturated heterocycles. The van der Waals surface area contributed by atoms with E-state index < -0.39 is 0 Å². The number of aryl methyl sites for hydroxylation is 2. The number of benzene rings is 1. The molecule has 8 nitrogen and oxygen atoms in total. The van der Waals surface area contributed by atoms with Crippen molar-refractivity contribution in [1.82, 2.24) is 19.9 Å². The highest BCUT2D eigenvalue weighted by Gasteiger charge is 2.15. The van der Waals surface area contributed by atoms with Gasteiger partial charge >= 0.3 is 0 Å². The van der Waals surface area contributed by atoms with E-state index in [0.29, 0.717) is 33.2 Å². The number of unbranched alkanes of at least 4 members (excludes halogenated alkanes) is 3. The smallest absolute Gasteiger partial charge is 0.275 e. The molecule has 0 bridgehead atoms. The molecule has 0 fully saturated rings. The van der Waals surface area contributed by atoms with Gasteiger partial charge in [0.1, 0.15) is 23.2 Å². The van der Waals surface area contributed by atoms with Crippen molar-refractivity contribution in [3.05, 3.63) is 51.7 Å². The minimum atomic E-state index is -0.311. The number of amides is 1. The molecule has 0 atom stereocenters. The van der Waals surface area contributed by atoms with Crippen molar-refractivity contribution in [1.29, 1.82) is 0 Å². The van der Waals surface area contributed by atoms with E-state index in [9.17, 15) is 4.79 Å². The van der Waals surface area contributed by atoms with Gasteiger partial charge in [0.2, 0.25) is 0 Å². The van der Waals surface area contributed by atoms with Gasteiger partial charge in [0.25, 0.3) is 5.91 Å². The van der Waals surface area contributed by atoms with E-state index in [1.165, 1.54) is 43.4 Å². The highest BCUT2D eigenvalue weighted by molar-refractivity contribution is 7.14. The summed E-state index contributed by atoms with van der Waals surface area (Å²) in [5.74, 6) is 2.65. The molecule has 0 radical (unpaired) electrons. The lowest BCUT2D eigenvalue weighted by molar-refractivity contribution is 0.102. The number of aromatic nitrogens is 3. The summed E-state index contributed by atoms with van der Waals surface area (Å²) in [5, 5.41) is 8.88. The Kier molecular flexibility index (Phi) is 12.0. The van der Waals surface area contributed by atoms with Crippen LogP contribution in [0.15, 0.2) is 29.6 Å². The predicted molar refractivity (Wildman–Crippen MR) is 165 cm³/mol. The molecular weight excluding hydrogens is 530 g/mol. The normalized spacial score (nSPS) is 11.3. The third-order valence-corrected chi connectivity index (χ3v) is 7.61. The maximum atomic E-state index is 12.8. The zero-order valence-corrected chi connectivity index (χ0v) is 25.6. The first-order chi connectivity index (χ1) is 18.6. The first kappa shape index (κ1) is 30.8. The molecular formula is C29H42ClN7OS. The summed E-state index contributed by atoms with van der Waals surface area (Å²) in [6, 6.07) is 7.41. The van der Waals surface area contributed by atoms with Crippen molar-refractivity contribution in [3.8, 4) is 0 Å². The van der Waals surface area contributed by atoms with Gasteiger partial charge in [-0.3, -0.25) is 4.79 Å². The Morgan fingerprint density at radius 2 is 1.79 bits per heavy atom. The third kappa shape index (κ3) is 10.1. The van der Waals surface area contributed by atoms with Crippen molar-refractivity contribution in [2.75, 3.05) is 49.3 Å². The van der Waals surface area contributed by atoms with Gasteiger partial charge in [-0.25, -0.2) is 15.0 Å².